The molecule has 0 aromatic rings. The predicted molar refractivity (Wildman–Crippen MR) is 58.5 cm³/mol. The van der Waals surface area contributed by atoms with Crippen molar-refractivity contribution in [3.8, 4) is 0 Å². The molecule has 0 radical (unpaired) electrons. The van der Waals surface area contributed by atoms with Crippen molar-refractivity contribution >= 4 is 0 Å². The molecule has 0 aromatic heterocycles. The minimum absolute atomic E-state index is 0.329. The molecule has 0 amide bonds. The topological polar surface area (TPSA) is 26.0 Å². The van der Waals surface area contributed by atoms with Gasteiger partial charge in [0.2, 0.25) is 0 Å². The second kappa shape index (κ2) is 3.83. The quantitative estimate of drug-likeness (QED) is 0.665. The minimum atomic E-state index is 0.329. The highest BCUT2D eigenvalue weighted by Crippen LogP contribution is 2.44. The number of hydrogen-bond acceptors (Lipinski definition) is 1. The van der Waals surface area contributed by atoms with Crippen molar-refractivity contribution in [2.75, 3.05) is 0 Å². The Kier molecular flexibility index (Phi) is 3.18. The van der Waals surface area contributed by atoms with E-state index in [2.05, 4.69) is 27.4 Å². The summed E-state index contributed by atoms with van der Waals surface area (Å²) in [6.07, 6.45) is 4.98. The lowest BCUT2D eigenvalue weighted by Crippen LogP contribution is -2.36. The Balaban J connectivity index is 2.55. The lowest BCUT2D eigenvalue weighted by Gasteiger charge is -2.32. The number of nitrogens with two attached hydrogens (primary N) is 1. The van der Waals surface area contributed by atoms with Gasteiger partial charge in [-0.2, -0.15) is 0 Å². The fourth-order valence-corrected chi connectivity index (χ4v) is 2.69. The number of rotatable bonds is 3. The lowest BCUT2D eigenvalue weighted by molar-refractivity contribution is 0.220. The third-order valence-electron chi connectivity index (χ3n) is 3.44. The first kappa shape index (κ1) is 10.8. The summed E-state index contributed by atoms with van der Waals surface area (Å²) in [5.41, 5.74) is 7.87. The van der Waals surface area contributed by atoms with Crippen molar-refractivity contribution in [3.05, 3.63) is 12.2 Å². The molecule has 13 heavy (non-hydrogen) atoms. The van der Waals surface area contributed by atoms with Crippen LogP contribution in [0.4, 0.5) is 0 Å². The monoisotopic (exact) mass is 181 g/mol. The van der Waals surface area contributed by atoms with Crippen LogP contribution in [0.2, 0.25) is 0 Å². The molecule has 0 heterocycles. The average Bonchev–Trinajstić information content (AvgIpc) is 2.27. The minimum Gasteiger partial charge on any atom is -0.327 e. The maximum absolute atomic E-state index is 6.19. The number of hydrogen-bond donors (Lipinski definition) is 1. The van der Waals surface area contributed by atoms with E-state index in [9.17, 15) is 0 Å². The van der Waals surface area contributed by atoms with Crippen LogP contribution in [-0.4, -0.2) is 6.04 Å². The molecule has 1 saturated carbocycles. The molecule has 1 heteroatoms. The summed E-state index contributed by atoms with van der Waals surface area (Å²) in [6, 6.07) is 0.329. The molecular weight excluding hydrogens is 158 g/mol. The maximum Gasteiger partial charge on any atom is 0.0109 e. The highest BCUT2D eigenvalue weighted by atomic mass is 14.7. The van der Waals surface area contributed by atoms with Crippen LogP contribution in [0.1, 0.15) is 46.5 Å². The van der Waals surface area contributed by atoms with Crippen molar-refractivity contribution in [2.45, 2.75) is 52.5 Å². The van der Waals surface area contributed by atoms with E-state index in [0.717, 1.165) is 6.42 Å². The summed E-state index contributed by atoms with van der Waals surface area (Å²) in [4.78, 5) is 0. The van der Waals surface area contributed by atoms with E-state index >= 15 is 0 Å². The molecule has 1 nitrogen and oxygen atoms in total. The Morgan fingerprint density at radius 1 is 1.62 bits per heavy atom. The van der Waals surface area contributed by atoms with Gasteiger partial charge < -0.3 is 5.73 Å². The zero-order chi connectivity index (χ0) is 10.1. The van der Waals surface area contributed by atoms with E-state index in [1.165, 1.54) is 24.8 Å². The van der Waals surface area contributed by atoms with Gasteiger partial charge in [-0.05, 0) is 37.5 Å². The van der Waals surface area contributed by atoms with Gasteiger partial charge >= 0.3 is 0 Å². The molecular formula is C12H23N. The Hall–Kier alpha value is -0.300. The molecule has 2 unspecified atom stereocenters. The average molecular weight is 181 g/mol. The molecule has 0 bridgehead atoms. The summed E-state index contributed by atoms with van der Waals surface area (Å²) >= 11 is 0. The largest absolute Gasteiger partial charge is 0.327 e. The molecule has 1 fully saturated rings. The van der Waals surface area contributed by atoms with Crippen LogP contribution >= 0.6 is 0 Å². The van der Waals surface area contributed by atoms with Crippen molar-refractivity contribution in [1.29, 1.82) is 0 Å². The first-order valence-corrected chi connectivity index (χ1v) is 5.33. The van der Waals surface area contributed by atoms with Crippen molar-refractivity contribution in [2.24, 2.45) is 17.1 Å². The fraction of sp³-hybridized carbons (Fsp3) is 0.833. The van der Waals surface area contributed by atoms with E-state index < -0.39 is 0 Å². The molecule has 1 aliphatic rings. The molecule has 0 aromatic carbocycles. The van der Waals surface area contributed by atoms with E-state index in [-0.39, 0.29) is 0 Å². The molecule has 0 aliphatic heterocycles. The third-order valence-corrected chi connectivity index (χ3v) is 3.44. The SMILES string of the molecule is C=C(C)CC(N)C1CCCC1(C)C. The normalized spacial score (nSPS) is 28.8. The highest BCUT2D eigenvalue weighted by Gasteiger charge is 2.37. The van der Waals surface area contributed by atoms with Gasteiger partial charge in [-0.15, -0.1) is 6.58 Å². The molecule has 0 saturated heterocycles. The standard InChI is InChI=1S/C12H23N/c1-9(2)8-11(13)10-6-5-7-12(10,3)4/h10-11H,1,5-8,13H2,2-4H3. The first-order chi connectivity index (χ1) is 5.93. The van der Waals surface area contributed by atoms with Gasteiger partial charge in [-0.1, -0.05) is 25.8 Å². The molecule has 76 valence electrons. The van der Waals surface area contributed by atoms with Crippen LogP contribution in [0.15, 0.2) is 12.2 Å². The summed E-state index contributed by atoms with van der Waals surface area (Å²) in [5.74, 6) is 0.698. The molecule has 2 N–H and O–H groups in total. The van der Waals surface area contributed by atoms with E-state index in [1.807, 2.05) is 0 Å². The second-order valence-corrected chi connectivity index (χ2v) is 5.31. The zero-order valence-electron chi connectivity index (χ0n) is 9.27. The summed E-state index contributed by atoms with van der Waals surface area (Å²) in [6.45, 7) is 10.7. The third kappa shape index (κ3) is 2.57. The molecule has 0 spiro atoms. The van der Waals surface area contributed by atoms with Crippen molar-refractivity contribution in [3.63, 3.8) is 0 Å². The van der Waals surface area contributed by atoms with E-state index in [4.69, 9.17) is 5.73 Å². The smallest absolute Gasteiger partial charge is 0.0109 e. The Morgan fingerprint density at radius 2 is 2.23 bits per heavy atom. The van der Waals surface area contributed by atoms with E-state index in [1.54, 1.807) is 0 Å². The van der Waals surface area contributed by atoms with Gasteiger partial charge in [-0.3, -0.25) is 0 Å². The molecule has 1 rings (SSSR count). The zero-order valence-corrected chi connectivity index (χ0v) is 9.27. The summed E-state index contributed by atoms with van der Waals surface area (Å²) in [5, 5.41) is 0. The van der Waals surface area contributed by atoms with Crippen LogP contribution in [0, 0.1) is 11.3 Å². The Labute approximate surface area is 82.4 Å². The van der Waals surface area contributed by atoms with Gasteiger partial charge in [0, 0.05) is 6.04 Å². The van der Waals surface area contributed by atoms with Gasteiger partial charge in [-0.25, -0.2) is 0 Å². The van der Waals surface area contributed by atoms with Crippen molar-refractivity contribution < 1.29 is 0 Å². The van der Waals surface area contributed by atoms with Crippen LogP contribution < -0.4 is 5.73 Å². The van der Waals surface area contributed by atoms with Crippen LogP contribution in [0.25, 0.3) is 0 Å². The molecule has 2 atom stereocenters. The summed E-state index contributed by atoms with van der Waals surface area (Å²) < 4.78 is 0. The van der Waals surface area contributed by atoms with Crippen LogP contribution in [0.3, 0.4) is 0 Å². The predicted octanol–water partition coefficient (Wildman–Crippen LogP) is 3.11. The first-order valence-electron chi connectivity index (χ1n) is 5.33. The van der Waals surface area contributed by atoms with Crippen LogP contribution in [-0.2, 0) is 0 Å². The molecule has 1 aliphatic carbocycles. The second-order valence-electron chi connectivity index (χ2n) is 5.31. The highest BCUT2D eigenvalue weighted by molar-refractivity contribution is 4.98. The maximum atomic E-state index is 6.19. The fourth-order valence-electron chi connectivity index (χ4n) is 2.69. The van der Waals surface area contributed by atoms with Gasteiger partial charge in [0.1, 0.15) is 0 Å². The van der Waals surface area contributed by atoms with Crippen LogP contribution in [0.5, 0.6) is 0 Å². The Morgan fingerprint density at radius 3 is 2.62 bits per heavy atom. The van der Waals surface area contributed by atoms with E-state index in [0.29, 0.717) is 17.4 Å². The van der Waals surface area contributed by atoms with Gasteiger partial charge in [0.25, 0.3) is 0 Å². The van der Waals surface area contributed by atoms with Gasteiger partial charge in [0.05, 0.1) is 0 Å². The Bertz CT molecular complexity index is 193. The summed E-state index contributed by atoms with van der Waals surface area (Å²) in [7, 11) is 0. The van der Waals surface area contributed by atoms with Crippen molar-refractivity contribution in [1.82, 2.24) is 0 Å². The van der Waals surface area contributed by atoms with Gasteiger partial charge in [0.15, 0.2) is 0 Å². The lowest BCUT2D eigenvalue weighted by atomic mass is 9.76.